The Bertz CT molecular complexity index is 468. The molecule has 0 spiro atoms. The number of benzene rings is 1. The van der Waals surface area contributed by atoms with Crippen molar-refractivity contribution in [3.8, 4) is 0 Å². The van der Waals surface area contributed by atoms with Crippen LogP contribution in [0.2, 0.25) is 0 Å². The van der Waals surface area contributed by atoms with Gasteiger partial charge in [0.25, 0.3) is 5.69 Å². The van der Waals surface area contributed by atoms with Gasteiger partial charge in [-0.05, 0) is 38.3 Å². The lowest BCUT2D eigenvalue weighted by molar-refractivity contribution is -0.384. The Morgan fingerprint density at radius 1 is 1.48 bits per heavy atom. The first-order valence-electron chi connectivity index (χ1n) is 7.20. The molecule has 21 heavy (non-hydrogen) atoms. The SMILES string of the molecule is CCCNc1ccc([N+](=O)[O-])cc1CN(C)C(C)CSC. The highest BCUT2D eigenvalue weighted by Gasteiger charge is 2.15. The minimum atomic E-state index is -0.335. The van der Waals surface area contributed by atoms with Crippen molar-refractivity contribution in [1.82, 2.24) is 4.90 Å². The van der Waals surface area contributed by atoms with Crippen molar-refractivity contribution in [2.24, 2.45) is 0 Å². The number of nitro benzene ring substituents is 1. The fourth-order valence-corrected chi connectivity index (χ4v) is 2.79. The van der Waals surface area contributed by atoms with Crippen molar-refractivity contribution in [1.29, 1.82) is 0 Å². The van der Waals surface area contributed by atoms with Gasteiger partial charge >= 0.3 is 0 Å². The van der Waals surface area contributed by atoms with Crippen LogP contribution in [0.25, 0.3) is 0 Å². The molecule has 0 aromatic heterocycles. The first kappa shape index (κ1) is 17.8. The van der Waals surface area contributed by atoms with Crippen LogP contribution in [-0.2, 0) is 6.54 Å². The summed E-state index contributed by atoms with van der Waals surface area (Å²) in [5.41, 5.74) is 2.12. The number of nitrogens with zero attached hydrogens (tertiary/aromatic N) is 2. The third-order valence-electron chi connectivity index (χ3n) is 3.45. The van der Waals surface area contributed by atoms with E-state index in [0.29, 0.717) is 12.6 Å². The Kier molecular flexibility index (Phi) is 7.53. The number of non-ortho nitro benzene ring substituents is 1. The van der Waals surface area contributed by atoms with Gasteiger partial charge in [0.05, 0.1) is 4.92 Å². The van der Waals surface area contributed by atoms with E-state index < -0.39 is 0 Å². The quantitative estimate of drug-likeness (QED) is 0.558. The minimum absolute atomic E-state index is 0.151. The molecule has 0 aliphatic heterocycles. The topological polar surface area (TPSA) is 58.4 Å². The molecule has 1 unspecified atom stereocenters. The monoisotopic (exact) mass is 311 g/mol. The van der Waals surface area contributed by atoms with Gasteiger partial charge < -0.3 is 5.32 Å². The summed E-state index contributed by atoms with van der Waals surface area (Å²) >= 11 is 1.81. The number of nitrogens with one attached hydrogen (secondary N) is 1. The van der Waals surface area contributed by atoms with Crippen molar-refractivity contribution in [2.75, 3.05) is 30.9 Å². The lowest BCUT2D eigenvalue weighted by Gasteiger charge is -2.25. The Morgan fingerprint density at radius 2 is 2.19 bits per heavy atom. The van der Waals surface area contributed by atoms with Crippen LogP contribution in [-0.4, -0.2) is 41.5 Å². The zero-order chi connectivity index (χ0) is 15.8. The molecule has 0 fully saturated rings. The van der Waals surface area contributed by atoms with E-state index in [9.17, 15) is 10.1 Å². The van der Waals surface area contributed by atoms with E-state index in [0.717, 1.165) is 30.0 Å². The predicted octanol–water partition coefficient (Wildman–Crippen LogP) is 3.60. The van der Waals surface area contributed by atoms with Crippen molar-refractivity contribution in [3.05, 3.63) is 33.9 Å². The molecule has 1 N–H and O–H groups in total. The van der Waals surface area contributed by atoms with Gasteiger partial charge in [-0.3, -0.25) is 15.0 Å². The van der Waals surface area contributed by atoms with Crippen LogP contribution in [0.4, 0.5) is 11.4 Å². The maximum Gasteiger partial charge on any atom is 0.269 e. The first-order chi connectivity index (χ1) is 9.99. The maximum atomic E-state index is 11.0. The first-order valence-corrected chi connectivity index (χ1v) is 8.59. The summed E-state index contributed by atoms with van der Waals surface area (Å²) in [5.74, 6) is 1.04. The van der Waals surface area contributed by atoms with Crippen LogP contribution >= 0.6 is 11.8 Å². The van der Waals surface area contributed by atoms with E-state index in [1.54, 1.807) is 12.1 Å². The van der Waals surface area contributed by atoms with Gasteiger partial charge in [0.2, 0.25) is 0 Å². The Balaban J connectivity index is 2.93. The summed E-state index contributed by atoms with van der Waals surface area (Å²) in [4.78, 5) is 12.9. The van der Waals surface area contributed by atoms with Gasteiger partial charge in [0.1, 0.15) is 0 Å². The van der Waals surface area contributed by atoms with E-state index in [1.165, 1.54) is 0 Å². The molecule has 1 aromatic carbocycles. The molecular weight excluding hydrogens is 286 g/mol. The predicted molar refractivity (Wildman–Crippen MR) is 91.2 cm³/mol. The van der Waals surface area contributed by atoms with Gasteiger partial charge in [-0.25, -0.2) is 0 Å². The summed E-state index contributed by atoms with van der Waals surface area (Å²) in [6.07, 6.45) is 3.11. The second kappa shape index (κ2) is 8.89. The van der Waals surface area contributed by atoms with Gasteiger partial charge in [-0.2, -0.15) is 11.8 Å². The summed E-state index contributed by atoms with van der Waals surface area (Å²) in [5, 5.41) is 14.3. The highest BCUT2D eigenvalue weighted by atomic mass is 32.2. The molecule has 6 heteroatoms. The fraction of sp³-hybridized carbons (Fsp3) is 0.600. The molecule has 5 nitrogen and oxygen atoms in total. The summed E-state index contributed by atoms with van der Waals surface area (Å²) in [6.45, 7) is 5.85. The summed E-state index contributed by atoms with van der Waals surface area (Å²) < 4.78 is 0. The molecule has 0 saturated heterocycles. The standard InChI is InChI=1S/C15H25N3O2S/c1-5-8-16-15-7-6-14(18(19)20)9-13(15)10-17(3)12(2)11-21-4/h6-7,9,12,16H,5,8,10-11H2,1-4H3. The summed E-state index contributed by atoms with van der Waals surface area (Å²) in [6, 6.07) is 5.49. The smallest absolute Gasteiger partial charge is 0.269 e. The molecule has 0 aliphatic rings. The number of anilines is 1. The van der Waals surface area contributed by atoms with Crippen LogP contribution in [0.15, 0.2) is 18.2 Å². The van der Waals surface area contributed by atoms with Crippen LogP contribution in [0.1, 0.15) is 25.8 Å². The van der Waals surface area contributed by atoms with Gasteiger partial charge in [-0.1, -0.05) is 6.92 Å². The Hall–Kier alpha value is -1.27. The fourth-order valence-electron chi connectivity index (χ4n) is 2.05. The highest BCUT2D eigenvalue weighted by molar-refractivity contribution is 7.98. The molecule has 1 aromatic rings. The third-order valence-corrected chi connectivity index (χ3v) is 4.26. The van der Waals surface area contributed by atoms with Crippen LogP contribution in [0.3, 0.4) is 0 Å². The van der Waals surface area contributed by atoms with Gasteiger partial charge in [0, 0.05) is 42.7 Å². The largest absolute Gasteiger partial charge is 0.385 e. The van der Waals surface area contributed by atoms with E-state index in [4.69, 9.17) is 0 Å². The molecule has 1 atom stereocenters. The molecular formula is C15H25N3O2S. The van der Waals surface area contributed by atoms with E-state index >= 15 is 0 Å². The second-order valence-electron chi connectivity index (χ2n) is 5.24. The number of thioether (sulfide) groups is 1. The second-order valence-corrected chi connectivity index (χ2v) is 6.16. The van der Waals surface area contributed by atoms with Crippen LogP contribution < -0.4 is 5.32 Å². The van der Waals surface area contributed by atoms with Crippen LogP contribution in [0, 0.1) is 10.1 Å². The van der Waals surface area contributed by atoms with Crippen molar-refractivity contribution in [3.63, 3.8) is 0 Å². The highest BCUT2D eigenvalue weighted by Crippen LogP contribution is 2.24. The summed E-state index contributed by atoms with van der Waals surface area (Å²) in [7, 11) is 2.06. The molecule has 0 aliphatic carbocycles. The zero-order valence-corrected chi connectivity index (χ0v) is 14.1. The van der Waals surface area contributed by atoms with Crippen molar-refractivity contribution in [2.45, 2.75) is 32.9 Å². The zero-order valence-electron chi connectivity index (χ0n) is 13.3. The molecule has 1 rings (SSSR count). The van der Waals surface area contributed by atoms with Crippen LogP contribution in [0.5, 0.6) is 0 Å². The minimum Gasteiger partial charge on any atom is -0.385 e. The van der Waals surface area contributed by atoms with Crippen molar-refractivity contribution >= 4 is 23.1 Å². The number of hydrogen-bond donors (Lipinski definition) is 1. The van der Waals surface area contributed by atoms with E-state index in [-0.39, 0.29) is 10.6 Å². The Labute approximate surface area is 131 Å². The Morgan fingerprint density at radius 3 is 2.76 bits per heavy atom. The molecule has 0 radical (unpaired) electrons. The number of hydrogen-bond acceptors (Lipinski definition) is 5. The van der Waals surface area contributed by atoms with E-state index in [1.807, 2.05) is 17.8 Å². The molecule has 0 amide bonds. The normalized spacial score (nSPS) is 12.4. The lowest BCUT2D eigenvalue weighted by atomic mass is 10.1. The molecule has 118 valence electrons. The van der Waals surface area contributed by atoms with Gasteiger partial charge in [0.15, 0.2) is 0 Å². The lowest BCUT2D eigenvalue weighted by Crippen LogP contribution is -2.30. The van der Waals surface area contributed by atoms with Gasteiger partial charge in [-0.15, -0.1) is 0 Å². The molecule has 0 saturated carbocycles. The maximum absolute atomic E-state index is 11.0. The molecule has 0 bridgehead atoms. The average Bonchev–Trinajstić information content (AvgIpc) is 2.45. The number of nitro groups is 1. The van der Waals surface area contributed by atoms with Crippen molar-refractivity contribution < 1.29 is 4.92 Å². The average molecular weight is 311 g/mol. The van der Waals surface area contributed by atoms with E-state index in [2.05, 4.69) is 37.4 Å². The number of rotatable bonds is 9. The molecule has 0 heterocycles. The third kappa shape index (κ3) is 5.55.